The summed E-state index contributed by atoms with van der Waals surface area (Å²) >= 11 is 0. The zero-order valence-electron chi connectivity index (χ0n) is 8.92. The molecule has 0 saturated heterocycles. The number of rotatable bonds is 2. The van der Waals surface area contributed by atoms with E-state index in [9.17, 15) is 13.5 Å². The molecule has 0 amide bonds. The Labute approximate surface area is 94.5 Å². The van der Waals surface area contributed by atoms with Gasteiger partial charge < -0.3 is 10.2 Å². The normalized spacial score (nSPS) is 29.8. The van der Waals surface area contributed by atoms with Crippen LogP contribution in [0.25, 0.3) is 0 Å². The van der Waals surface area contributed by atoms with Gasteiger partial charge in [-0.15, -0.1) is 0 Å². The zero-order valence-corrected chi connectivity index (χ0v) is 9.74. The van der Waals surface area contributed by atoms with Gasteiger partial charge in [0, 0.05) is 6.26 Å². The molecule has 0 aromatic heterocycles. The van der Waals surface area contributed by atoms with Crippen molar-refractivity contribution in [1.29, 1.82) is 0 Å². The molecule has 16 heavy (non-hydrogen) atoms. The van der Waals surface area contributed by atoms with Crippen LogP contribution >= 0.6 is 0 Å². The van der Waals surface area contributed by atoms with Crippen molar-refractivity contribution in [1.82, 2.24) is 0 Å². The molecule has 0 heterocycles. The van der Waals surface area contributed by atoms with E-state index in [0.29, 0.717) is 5.56 Å². The number of benzene rings is 1. The summed E-state index contributed by atoms with van der Waals surface area (Å²) in [7, 11) is -3.27. The number of sulfone groups is 1. The second-order valence-corrected chi connectivity index (χ2v) is 6.70. The first-order valence-electron chi connectivity index (χ1n) is 5.02. The number of phenols is 1. The fourth-order valence-corrected chi connectivity index (χ4v) is 3.77. The lowest BCUT2D eigenvalue weighted by Crippen LogP contribution is -2.49. The number of hydrogen-bond acceptors (Lipinski definition) is 4. The quantitative estimate of drug-likeness (QED) is 0.804. The highest BCUT2D eigenvalue weighted by Crippen LogP contribution is 2.48. The van der Waals surface area contributed by atoms with Gasteiger partial charge in [0.1, 0.15) is 10.5 Å². The van der Waals surface area contributed by atoms with E-state index in [1.165, 1.54) is 18.4 Å². The molecule has 0 spiro atoms. The number of hydrogen-bond donors (Lipinski definition) is 2. The van der Waals surface area contributed by atoms with Crippen LogP contribution in [0, 0.1) is 0 Å². The maximum atomic E-state index is 11.8. The smallest absolute Gasteiger partial charge is 0.157 e. The summed E-state index contributed by atoms with van der Waals surface area (Å²) in [6, 6.07) is 6.13. The van der Waals surface area contributed by atoms with E-state index in [-0.39, 0.29) is 18.6 Å². The maximum Gasteiger partial charge on any atom is 0.157 e. The largest absolute Gasteiger partial charge is 0.508 e. The number of phenolic OH excluding ortho intramolecular Hbond substituents is 1. The lowest BCUT2D eigenvalue weighted by Gasteiger charge is -2.44. The predicted molar refractivity (Wildman–Crippen MR) is 59.9 cm³/mol. The summed E-state index contributed by atoms with van der Waals surface area (Å²) in [5, 5.41) is 18.5. The summed E-state index contributed by atoms with van der Waals surface area (Å²) in [4.78, 5) is 0. The second-order valence-electron chi connectivity index (χ2n) is 4.38. The molecular weight excluding hydrogens is 228 g/mol. The monoisotopic (exact) mass is 242 g/mol. The van der Waals surface area contributed by atoms with Gasteiger partial charge in [-0.25, -0.2) is 8.42 Å². The van der Waals surface area contributed by atoms with Gasteiger partial charge in [0.05, 0.1) is 6.10 Å². The molecule has 1 aromatic carbocycles. The predicted octanol–water partition coefficient (Wildman–Crippen LogP) is 0.787. The maximum absolute atomic E-state index is 11.8. The van der Waals surface area contributed by atoms with Gasteiger partial charge in [-0.1, -0.05) is 12.1 Å². The third kappa shape index (κ3) is 1.60. The first-order chi connectivity index (χ1) is 7.35. The molecule has 1 aliphatic carbocycles. The SMILES string of the molecule is CS(=O)(=O)C1(c2ccc(O)cc2)CC(O)C1. The molecule has 0 aliphatic heterocycles. The molecule has 2 rings (SSSR count). The Hall–Kier alpha value is -1.07. The molecule has 0 atom stereocenters. The van der Waals surface area contributed by atoms with Crippen LogP contribution in [0.3, 0.4) is 0 Å². The zero-order chi connectivity index (χ0) is 12.0. The van der Waals surface area contributed by atoms with Crippen LogP contribution in [-0.4, -0.2) is 31.0 Å². The van der Waals surface area contributed by atoms with E-state index in [1.54, 1.807) is 12.1 Å². The minimum atomic E-state index is -3.27. The van der Waals surface area contributed by atoms with Crippen LogP contribution in [0.15, 0.2) is 24.3 Å². The fraction of sp³-hybridized carbons (Fsp3) is 0.455. The lowest BCUT2D eigenvalue weighted by atomic mass is 9.76. The average molecular weight is 242 g/mol. The van der Waals surface area contributed by atoms with Crippen LogP contribution in [0.4, 0.5) is 0 Å². The van der Waals surface area contributed by atoms with Crippen molar-refractivity contribution in [2.45, 2.75) is 23.7 Å². The third-order valence-corrected chi connectivity index (χ3v) is 5.22. The molecule has 1 fully saturated rings. The molecule has 1 aliphatic rings. The Bertz CT molecular complexity index is 483. The highest BCUT2D eigenvalue weighted by atomic mass is 32.2. The average Bonchev–Trinajstić information content (AvgIpc) is 2.12. The van der Waals surface area contributed by atoms with Gasteiger partial charge in [0.2, 0.25) is 0 Å². The Kier molecular flexibility index (Phi) is 2.47. The first-order valence-corrected chi connectivity index (χ1v) is 6.91. The molecule has 1 saturated carbocycles. The van der Waals surface area contributed by atoms with Crippen molar-refractivity contribution in [3.63, 3.8) is 0 Å². The van der Waals surface area contributed by atoms with E-state index >= 15 is 0 Å². The van der Waals surface area contributed by atoms with Crippen LogP contribution < -0.4 is 0 Å². The molecule has 0 bridgehead atoms. The summed E-state index contributed by atoms with van der Waals surface area (Å²) in [6.45, 7) is 0. The van der Waals surface area contributed by atoms with E-state index in [2.05, 4.69) is 0 Å². The Balaban J connectivity index is 2.46. The van der Waals surface area contributed by atoms with E-state index in [1.807, 2.05) is 0 Å². The summed E-state index contributed by atoms with van der Waals surface area (Å²) in [6.07, 6.45) is 1.10. The van der Waals surface area contributed by atoms with Crippen molar-refractivity contribution >= 4 is 9.84 Å². The van der Waals surface area contributed by atoms with Crippen molar-refractivity contribution in [2.75, 3.05) is 6.26 Å². The molecule has 4 nitrogen and oxygen atoms in total. The summed E-state index contributed by atoms with van der Waals surface area (Å²) in [5.74, 6) is 0.104. The fourth-order valence-electron chi connectivity index (χ4n) is 2.22. The first kappa shape index (κ1) is 11.4. The van der Waals surface area contributed by atoms with Gasteiger partial charge in [0.15, 0.2) is 9.84 Å². The van der Waals surface area contributed by atoms with Gasteiger partial charge >= 0.3 is 0 Å². The van der Waals surface area contributed by atoms with Crippen molar-refractivity contribution in [3.05, 3.63) is 29.8 Å². The minimum Gasteiger partial charge on any atom is -0.508 e. The molecule has 1 aromatic rings. The molecular formula is C11H14O4S. The van der Waals surface area contributed by atoms with E-state index in [4.69, 9.17) is 5.11 Å². The van der Waals surface area contributed by atoms with Crippen molar-refractivity contribution < 1.29 is 18.6 Å². The molecule has 88 valence electrons. The highest BCUT2D eigenvalue weighted by molar-refractivity contribution is 7.91. The number of aliphatic hydroxyl groups is 1. The van der Waals surface area contributed by atoms with Crippen LogP contribution in [0.1, 0.15) is 18.4 Å². The van der Waals surface area contributed by atoms with Crippen molar-refractivity contribution in [3.8, 4) is 5.75 Å². The van der Waals surface area contributed by atoms with Gasteiger partial charge in [0.25, 0.3) is 0 Å². The number of aromatic hydroxyl groups is 1. The highest BCUT2D eigenvalue weighted by Gasteiger charge is 2.52. The Morgan fingerprint density at radius 3 is 2.12 bits per heavy atom. The van der Waals surface area contributed by atoms with E-state index in [0.717, 1.165) is 0 Å². The van der Waals surface area contributed by atoms with Crippen molar-refractivity contribution in [2.24, 2.45) is 0 Å². The van der Waals surface area contributed by atoms with Crippen LogP contribution in [0.5, 0.6) is 5.75 Å². The van der Waals surface area contributed by atoms with E-state index < -0.39 is 20.7 Å². The molecule has 2 N–H and O–H groups in total. The minimum absolute atomic E-state index is 0.104. The molecule has 0 unspecified atom stereocenters. The summed E-state index contributed by atoms with van der Waals surface area (Å²) in [5.41, 5.74) is 0.637. The Morgan fingerprint density at radius 1 is 1.25 bits per heavy atom. The van der Waals surface area contributed by atoms with Crippen LogP contribution in [0.2, 0.25) is 0 Å². The topological polar surface area (TPSA) is 74.6 Å². The third-order valence-electron chi connectivity index (χ3n) is 3.23. The standard InChI is InChI=1S/C11H14O4S/c1-16(14,15)11(6-10(13)7-11)8-2-4-9(12)5-3-8/h2-5,10,12-13H,6-7H2,1H3. The number of aliphatic hydroxyl groups excluding tert-OH is 1. The van der Waals surface area contributed by atoms with Crippen LogP contribution in [-0.2, 0) is 14.6 Å². The summed E-state index contributed by atoms with van der Waals surface area (Å²) < 4.78 is 22.6. The van der Waals surface area contributed by atoms with Gasteiger partial charge in [-0.05, 0) is 30.5 Å². The van der Waals surface area contributed by atoms with Gasteiger partial charge in [-0.3, -0.25) is 0 Å². The lowest BCUT2D eigenvalue weighted by molar-refractivity contribution is 0.0557. The second kappa shape index (κ2) is 3.46. The molecule has 0 radical (unpaired) electrons. The molecule has 5 heteroatoms. The Morgan fingerprint density at radius 2 is 1.75 bits per heavy atom. The van der Waals surface area contributed by atoms with Gasteiger partial charge in [-0.2, -0.15) is 0 Å².